The van der Waals surface area contributed by atoms with Crippen molar-refractivity contribution in [2.24, 2.45) is 11.8 Å². The van der Waals surface area contributed by atoms with Crippen LogP contribution in [0.2, 0.25) is 0 Å². The first-order valence-corrected chi connectivity index (χ1v) is 9.59. The van der Waals surface area contributed by atoms with Crippen molar-refractivity contribution >= 4 is 34.8 Å². The minimum atomic E-state index is -1.35. The quantitative estimate of drug-likeness (QED) is 0.446. The number of non-ortho nitro benzene ring substituents is 1. The lowest BCUT2D eigenvalue weighted by molar-refractivity contribution is -0.384. The molecule has 4 atom stereocenters. The van der Waals surface area contributed by atoms with Crippen molar-refractivity contribution < 1.29 is 19.3 Å². The number of anilines is 2. The fourth-order valence-electron chi connectivity index (χ4n) is 5.11. The number of amides is 3. The molecule has 3 amide bonds. The van der Waals surface area contributed by atoms with Crippen molar-refractivity contribution in [2.75, 3.05) is 10.2 Å². The van der Waals surface area contributed by atoms with E-state index < -0.39 is 40.2 Å². The highest BCUT2D eigenvalue weighted by Crippen LogP contribution is 2.53. The summed E-state index contributed by atoms with van der Waals surface area (Å²) in [5, 5.41) is 17.3. The molecule has 0 radical (unpaired) electrons. The number of hydrogen-bond acceptors (Lipinski definition) is 6. The molecule has 0 saturated carbocycles. The van der Waals surface area contributed by atoms with Crippen LogP contribution in [0.5, 0.6) is 0 Å². The van der Waals surface area contributed by atoms with Crippen LogP contribution in [0, 0.1) is 28.9 Å². The average Bonchev–Trinajstić information content (AvgIpc) is 3.27. The van der Waals surface area contributed by atoms with E-state index in [4.69, 9.17) is 0 Å². The predicted molar refractivity (Wildman–Crippen MR) is 107 cm³/mol. The van der Waals surface area contributed by atoms with E-state index in [1.54, 1.807) is 38.1 Å². The smallest absolute Gasteiger partial charge is 0.271 e. The van der Waals surface area contributed by atoms with Crippen molar-refractivity contribution in [2.45, 2.75) is 25.4 Å². The normalized spacial score (nSPS) is 29.3. The fraction of sp³-hybridized carbons (Fsp3) is 0.286. The van der Waals surface area contributed by atoms with Gasteiger partial charge in [0.05, 0.1) is 22.4 Å². The molecule has 3 aliphatic rings. The number of imide groups is 1. The van der Waals surface area contributed by atoms with Gasteiger partial charge in [0.15, 0.2) is 0 Å². The van der Waals surface area contributed by atoms with Crippen LogP contribution in [0.4, 0.5) is 17.1 Å². The topological polar surface area (TPSA) is 122 Å². The average molecular weight is 406 g/mol. The van der Waals surface area contributed by atoms with Gasteiger partial charge in [-0.15, -0.1) is 0 Å². The number of nitrogens with zero attached hydrogens (tertiary/aromatic N) is 2. The molecule has 2 fully saturated rings. The van der Waals surface area contributed by atoms with E-state index in [0.29, 0.717) is 16.8 Å². The van der Waals surface area contributed by atoms with Crippen LogP contribution < -0.4 is 15.5 Å². The van der Waals surface area contributed by atoms with Gasteiger partial charge in [-0.05, 0) is 25.5 Å². The number of nitro groups is 1. The first kappa shape index (κ1) is 18.4. The number of nitrogens with one attached hydrogen (secondary N) is 2. The zero-order chi connectivity index (χ0) is 21.4. The maximum Gasteiger partial charge on any atom is 0.271 e. The first-order valence-electron chi connectivity index (χ1n) is 9.59. The lowest BCUT2D eigenvalue weighted by atomic mass is 9.76. The summed E-state index contributed by atoms with van der Waals surface area (Å²) in [6.45, 7) is 3.46. The molecule has 2 aromatic carbocycles. The number of nitro benzene ring substituents is 1. The summed E-state index contributed by atoms with van der Waals surface area (Å²) in [5.74, 6) is -3.06. The molecule has 9 nitrogen and oxygen atoms in total. The van der Waals surface area contributed by atoms with Crippen LogP contribution in [0.15, 0.2) is 42.5 Å². The van der Waals surface area contributed by atoms with E-state index in [1.165, 1.54) is 18.2 Å². The Hall–Kier alpha value is -3.59. The summed E-state index contributed by atoms with van der Waals surface area (Å²) in [5.41, 5.74) is 0.423. The molecule has 30 heavy (non-hydrogen) atoms. The Labute approximate surface area is 171 Å². The summed E-state index contributed by atoms with van der Waals surface area (Å²) in [6.07, 6.45) is 0. The monoisotopic (exact) mass is 406 g/mol. The minimum Gasteiger partial charge on any atom is -0.324 e. The van der Waals surface area contributed by atoms with Gasteiger partial charge in [0.1, 0.15) is 5.54 Å². The molecule has 0 aliphatic carbocycles. The highest BCUT2D eigenvalue weighted by atomic mass is 16.6. The molecule has 2 N–H and O–H groups in total. The van der Waals surface area contributed by atoms with Crippen LogP contribution in [-0.2, 0) is 19.9 Å². The van der Waals surface area contributed by atoms with Gasteiger partial charge in [-0.2, -0.15) is 0 Å². The number of rotatable bonds is 2. The molecule has 5 rings (SSSR count). The van der Waals surface area contributed by atoms with Gasteiger partial charge in [0, 0.05) is 29.4 Å². The number of carbonyl (C=O) groups excluding carboxylic acids is 3. The summed E-state index contributed by atoms with van der Waals surface area (Å²) >= 11 is 0. The molecule has 9 heteroatoms. The highest BCUT2D eigenvalue weighted by molar-refractivity contribution is 6.26. The van der Waals surface area contributed by atoms with Crippen molar-refractivity contribution in [1.29, 1.82) is 0 Å². The lowest BCUT2D eigenvalue weighted by Crippen LogP contribution is -2.53. The predicted octanol–water partition coefficient (Wildman–Crippen LogP) is 1.85. The second kappa shape index (κ2) is 5.96. The number of para-hydroxylation sites is 1. The molecule has 0 aromatic heterocycles. The van der Waals surface area contributed by atoms with Crippen LogP contribution >= 0.6 is 0 Å². The summed E-state index contributed by atoms with van der Waals surface area (Å²) < 4.78 is 0. The number of aryl methyl sites for hydroxylation is 1. The minimum absolute atomic E-state index is 0.183. The number of benzene rings is 2. The highest BCUT2D eigenvalue weighted by Gasteiger charge is 2.69. The Morgan fingerprint density at radius 1 is 1.10 bits per heavy atom. The second-order valence-corrected chi connectivity index (χ2v) is 7.98. The van der Waals surface area contributed by atoms with Gasteiger partial charge < -0.3 is 5.32 Å². The largest absolute Gasteiger partial charge is 0.324 e. The van der Waals surface area contributed by atoms with Crippen molar-refractivity contribution in [3.05, 3.63) is 63.7 Å². The molecule has 2 aromatic rings. The van der Waals surface area contributed by atoms with Crippen molar-refractivity contribution in [1.82, 2.24) is 5.32 Å². The molecule has 3 aliphatic heterocycles. The SMILES string of the molecule is Cc1ccc([N+](=O)[O-])cc1N1C(=O)[C@H]2[C@@H](C1=O)[C@@]1(N[C@@H]2C)C(=O)Nc2ccccc21. The molecule has 152 valence electrons. The van der Waals surface area contributed by atoms with E-state index >= 15 is 0 Å². The van der Waals surface area contributed by atoms with E-state index in [0.717, 1.165) is 4.90 Å². The molecule has 3 heterocycles. The molecule has 0 unspecified atom stereocenters. The van der Waals surface area contributed by atoms with Gasteiger partial charge in [0.25, 0.3) is 5.69 Å². The van der Waals surface area contributed by atoms with Crippen LogP contribution in [-0.4, -0.2) is 28.7 Å². The standard InChI is InChI=1S/C21H18N4O5/c1-10-7-8-12(25(29)30)9-15(10)24-18(26)16-11(2)23-21(17(16)19(24)27)13-5-3-4-6-14(13)22-20(21)28/h3-9,11,16-17,23H,1-2H3,(H,22,28)/t11-,16-,17+,21-/m1/s1. The van der Waals surface area contributed by atoms with Gasteiger partial charge in [-0.1, -0.05) is 24.3 Å². The van der Waals surface area contributed by atoms with Gasteiger partial charge in [-0.25, -0.2) is 4.90 Å². The molecule has 2 saturated heterocycles. The van der Waals surface area contributed by atoms with Crippen LogP contribution in [0.1, 0.15) is 18.1 Å². The van der Waals surface area contributed by atoms with E-state index in [2.05, 4.69) is 10.6 Å². The summed E-state index contributed by atoms with van der Waals surface area (Å²) in [7, 11) is 0. The number of hydrogen-bond donors (Lipinski definition) is 2. The Bertz CT molecular complexity index is 1160. The second-order valence-electron chi connectivity index (χ2n) is 7.98. The number of fused-ring (bicyclic) bond motifs is 4. The molecule has 0 bridgehead atoms. The van der Waals surface area contributed by atoms with Crippen LogP contribution in [0.25, 0.3) is 0 Å². The van der Waals surface area contributed by atoms with Gasteiger partial charge in [0.2, 0.25) is 17.7 Å². The van der Waals surface area contributed by atoms with E-state index in [-0.39, 0.29) is 17.3 Å². The zero-order valence-corrected chi connectivity index (χ0v) is 16.2. The molecular weight excluding hydrogens is 388 g/mol. The van der Waals surface area contributed by atoms with Crippen molar-refractivity contribution in [3.63, 3.8) is 0 Å². The Morgan fingerprint density at radius 2 is 1.83 bits per heavy atom. The molecular formula is C21H18N4O5. The third kappa shape index (κ3) is 2.12. The van der Waals surface area contributed by atoms with Gasteiger partial charge in [-0.3, -0.25) is 29.8 Å². The zero-order valence-electron chi connectivity index (χ0n) is 16.2. The van der Waals surface area contributed by atoms with E-state index in [1.807, 2.05) is 0 Å². The summed E-state index contributed by atoms with van der Waals surface area (Å²) in [4.78, 5) is 51.8. The maximum atomic E-state index is 13.6. The third-order valence-electron chi connectivity index (χ3n) is 6.41. The fourth-order valence-corrected chi connectivity index (χ4v) is 5.11. The van der Waals surface area contributed by atoms with Crippen LogP contribution in [0.3, 0.4) is 0 Å². The summed E-state index contributed by atoms with van der Waals surface area (Å²) in [6, 6.07) is 10.7. The maximum absolute atomic E-state index is 13.6. The van der Waals surface area contributed by atoms with Crippen molar-refractivity contribution in [3.8, 4) is 0 Å². The van der Waals surface area contributed by atoms with E-state index in [9.17, 15) is 24.5 Å². The third-order valence-corrected chi connectivity index (χ3v) is 6.41. The first-order chi connectivity index (χ1) is 14.3. The van der Waals surface area contributed by atoms with Gasteiger partial charge >= 0.3 is 0 Å². The lowest BCUT2D eigenvalue weighted by Gasteiger charge is -2.29. The Kier molecular flexibility index (Phi) is 3.66. The molecule has 1 spiro atoms. The number of carbonyl (C=O) groups is 3. The Morgan fingerprint density at radius 3 is 2.57 bits per heavy atom. The Balaban J connectivity index is 1.67.